The number of amides is 2. The fraction of sp³-hybridized carbons (Fsp3) is 0.625. The van der Waals surface area contributed by atoms with Gasteiger partial charge in [-0.25, -0.2) is 0 Å². The van der Waals surface area contributed by atoms with E-state index in [0.717, 1.165) is 24.9 Å². The monoisotopic (exact) mass is 557 g/mol. The molecule has 32 heavy (non-hydrogen) atoms. The molecule has 180 valence electrons. The van der Waals surface area contributed by atoms with Crippen LogP contribution in [0, 0.1) is 19.8 Å². The minimum absolute atomic E-state index is 0. The molecule has 1 saturated heterocycles. The molecule has 0 aromatic heterocycles. The van der Waals surface area contributed by atoms with Gasteiger partial charge in [0.25, 0.3) is 0 Å². The number of hydrogen-bond donors (Lipinski definition) is 2. The molecule has 7 nitrogen and oxygen atoms in total. The number of carbonyl (C=O) groups excluding carboxylic acids is 2. The molecule has 0 spiro atoms. The third kappa shape index (κ3) is 9.75. The fourth-order valence-corrected chi connectivity index (χ4v) is 3.61. The molecule has 1 fully saturated rings. The van der Waals surface area contributed by atoms with E-state index in [4.69, 9.17) is 5.73 Å². The van der Waals surface area contributed by atoms with Gasteiger partial charge in [0, 0.05) is 51.3 Å². The SMILES string of the molecule is Cc1ccc(NC(N)=NCCCCCC(=O)N2CCN(C(=O)CC(C)C)CC2)cc1C.I. The number of nitrogens with one attached hydrogen (secondary N) is 1. The van der Waals surface area contributed by atoms with Crippen LogP contribution in [0.4, 0.5) is 5.69 Å². The highest BCUT2D eigenvalue weighted by atomic mass is 127. The van der Waals surface area contributed by atoms with Crippen molar-refractivity contribution in [3.8, 4) is 0 Å². The quantitative estimate of drug-likeness (QED) is 0.209. The predicted molar refractivity (Wildman–Crippen MR) is 143 cm³/mol. The molecule has 1 aliphatic heterocycles. The Labute approximate surface area is 210 Å². The Kier molecular flexibility index (Phi) is 12.6. The Morgan fingerprint density at radius 2 is 1.62 bits per heavy atom. The first-order valence-corrected chi connectivity index (χ1v) is 11.5. The average molecular weight is 558 g/mol. The lowest BCUT2D eigenvalue weighted by atomic mass is 10.1. The van der Waals surface area contributed by atoms with Crippen LogP contribution in [0.25, 0.3) is 0 Å². The van der Waals surface area contributed by atoms with Crippen molar-refractivity contribution in [2.75, 3.05) is 38.0 Å². The average Bonchev–Trinajstić information content (AvgIpc) is 2.72. The largest absolute Gasteiger partial charge is 0.370 e. The summed E-state index contributed by atoms with van der Waals surface area (Å²) in [6.07, 6.45) is 3.84. The summed E-state index contributed by atoms with van der Waals surface area (Å²) in [5, 5.41) is 3.12. The number of piperazine rings is 1. The summed E-state index contributed by atoms with van der Waals surface area (Å²) in [5.41, 5.74) is 9.37. The lowest BCUT2D eigenvalue weighted by molar-refractivity contribution is -0.140. The van der Waals surface area contributed by atoms with Crippen molar-refractivity contribution < 1.29 is 9.59 Å². The van der Waals surface area contributed by atoms with E-state index < -0.39 is 0 Å². The molecule has 1 aliphatic rings. The molecule has 1 heterocycles. The van der Waals surface area contributed by atoms with Gasteiger partial charge in [0.05, 0.1) is 0 Å². The normalized spacial score (nSPS) is 14.3. The highest BCUT2D eigenvalue weighted by Gasteiger charge is 2.23. The van der Waals surface area contributed by atoms with E-state index in [1.807, 2.05) is 15.9 Å². The van der Waals surface area contributed by atoms with Gasteiger partial charge in [0.1, 0.15) is 0 Å². The van der Waals surface area contributed by atoms with E-state index in [1.165, 1.54) is 11.1 Å². The van der Waals surface area contributed by atoms with E-state index >= 15 is 0 Å². The molecule has 1 aromatic rings. The zero-order valence-corrected chi connectivity index (χ0v) is 22.4. The number of benzene rings is 1. The van der Waals surface area contributed by atoms with Crippen LogP contribution in [0.5, 0.6) is 0 Å². The van der Waals surface area contributed by atoms with Gasteiger partial charge in [-0.2, -0.15) is 0 Å². The lowest BCUT2D eigenvalue weighted by Crippen LogP contribution is -2.50. The summed E-state index contributed by atoms with van der Waals surface area (Å²) in [5.74, 6) is 1.18. The first-order chi connectivity index (χ1) is 14.8. The van der Waals surface area contributed by atoms with Gasteiger partial charge in [-0.15, -0.1) is 24.0 Å². The Bertz CT molecular complexity index is 774. The molecule has 0 bridgehead atoms. The van der Waals surface area contributed by atoms with Crippen molar-refractivity contribution in [1.29, 1.82) is 0 Å². The minimum atomic E-state index is 0. The van der Waals surface area contributed by atoms with Crippen molar-refractivity contribution in [1.82, 2.24) is 9.80 Å². The van der Waals surface area contributed by atoms with E-state index in [1.54, 1.807) is 0 Å². The lowest BCUT2D eigenvalue weighted by Gasteiger charge is -2.35. The Morgan fingerprint density at radius 1 is 1.00 bits per heavy atom. The number of aliphatic imine (C=N–C) groups is 1. The number of hydrogen-bond acceptors (Lipinski definition) is 3. The smallest absolute Gasteiger partial charge is 0.222 e. The molecule has 8 heteroatoms. The number of halogens is 1. The van der Waals surface area contributed by atoms with Gasteiger partial charge in [0.15, 0.2) is 5.96 Å². The molecular weight excluding hydrogens is 517 g/mol. The minimum Gasteiger partial charge on any atom is -0.370 e. The molecule has 0 atom stereocenters. The number of guanidine groups is 1. The molecular formula is C24H40IN5O2. The van der Waals surface area contributed by atoms with E-state index in [9.17, 15) is 9.59 Å². The second-order valence-electron chi connectivity index (χ2n) is 8.86. The van der Waals surface area contributed by atoms with Crippen LogP contribution in [-0.4, -0.2) is 60.3 Å². The summed E-state index contributed by atoms with van der Waals surface area (Å²) in [6.45, 7) is 11.5. The Hall–Kier alpha value is -1.84. The van der Waals surface area contributed by atoms with Crippen molar-refractivity contribution in [3.63, 3.8) is 0 Å². The summed E-state index contributed by atoms with van der Waals surface area (Å²) in [7, 11) is 0. The second kappa shape index (κ2) is 14.3. The third-order valence-corrected chi connectivity index (χ3v) is 5.68. The summed E-state index contributed by atoms with van der Waals surface area (Å²) >= 11 is 0. The molecule has 0 aliphatic carbocycles. The third-order valence-electron chi connectivity index (χ3n) is 5.68. The molecule has 3 N–H and O–H groups in total. The standard InChI is InChI=1S/C24H39N5O2.HI/c1-18(2)16-23(31)29-14-12-28(13-15-29)22(30)8-6-5-7-11-26-24(25)27-21-10-9-19(3)20(4)17-21;/h9-10,17-18H,5-8,11-16H2,1-4H3,(H3,25,26,27);1H. The number of unbranched alkanes of at least 4 members (excludes halogenated alkanes) is 2. The number of aryl methyl sites for hydroxylation is 2. The van der Waals surface area contributed by atoms with Gasteiger partial charge >= 0.3 is 0 Å². The van der Waals surface area contributed by atoms with Crippen molar-refractivity contribution >= 4 is 47.4 Å². The molecule has 2 rings (SSSR count). The maximum atomic E-state index is 12.4. The van der Waals surface area contributed by atoms with E-state index in [0.29, 0.717) is 57.4 Å². The van der Waals surface area contributed by atoms with Crippen molar-refractivity contribution in [2.24, 2.45) is 16.6 Å². The molecule has 0 saturated carbocycles. The van der Waals surface area contributed by atoms with E-state index in [2.05, 4.69) is 50.1 Å². The number of carbonyl (C=O) groups is 2. The molecule has 0 unspecified atom stereocenters. The van der Waals surface area contributed by atoms with Crippen molar-refractivity contribution in [3.05, 3.63) is 29.3 Å². The summed E-state index contributed by atoms with van der Waals surface area (Å²) in [4.78, 5) is 32.7. The predicted octanol–water partition coefficient (Wildman–Crippen LogP) is 3.93. The van der Waals surface area contributed by atoms with Crippen LogP contribution in [0.3, 0.4) is 0 Å². The first-order valence-electron chi connectivity index (χ1n) is 11.5. The molecule has 1 aromatic carbocycles. The highest BCUT2D eigenvalue weighted by molar-refractivity contribution is 14.0. The maximum Gasteiger partial charge on any atom is 0.222 e. The number of nitrogens with zero attached hydrogens (tertiary/aromatic N) is 3. The van der Waals surface area contributed by atoms with Crippen LogP contribution >= 0.6 is 24.0 Å². The fourth-order valence-electron chi connectivity index (χ4n) is 3.61. The Morgan fingerprint density at radius 3 is 2.22 bits per heavy atom. The maximum absolute atomic E-state index is 12.4. The Balaban J connectivity index is 0.00000512. The van der Waals surface area contributed by atoms with Gasteiger partial charge in [-0.3, -0.25) is 14.6 Å². The van der Waals surface area contributed by atoms with Crippen LogP contribution in [0.2, 0.25) is 0 Å². The van der Waals surface area contributed by atoms with Crippen LogP contribution < -0.4 is 11.1 Å². The van der Waals surface area contributed by atoms with Gasteiger partial charge in [-0.05, 0) is 55.9 Å². The van der Waals surface area contributed by atoms with Crippen LogP contribution in [0.15, 0.2) is 23.2 Å². The number of anilines is 1. The van der Waals surface area contributed by atoms with E-state index in [-0.39, 0.29) is 35.8 Å². The van der Waals surface area contributed by atoms with Gasteiger partial charge in [-0.1, -0.05) is 26.3 Å². The zero-order valence-electron chi connectivity index (χ0n) is 20.0. The van der Waals surface area contributed by atoms with Gasteiger partial charge in [0.2, 0.25) is 11.8 Å². The number of nitrogens with two attached hydrogens (primary N) is 1. The first kappa shape index (κ1) is 28.2. The number of rotatable bonds is 9. The second-order valence-corrected chi connectivity index (χ2v) is 8.86. The summed E-state index contributed by atoms with van der Waals surface area (Å²) < 4.78 is 0. The van der Waals surface area contributed by atoms with Gasteiger partial charge < -0.3 is 20.9 Å². The zero-order chi connectivity index (χ0) is 22.8. The van der Waals surface area contributed by atoms with Crippen molar-refractivity contribution in [2.45, 2.75) is 59.8 Å². The van der Waals surface area contributed by atoms with Crippen LogP contribution in [0.1, 0.15) is 57.1 Å². The summed E-state index contributed by atoms with van der Waals surface area (Å²) in [6, 6.07) is 6.12. The molecule has 0 radical (unpaired) electrons. The topological polar surface area (TPSA) is 91.0 Å². The van der Waals surface area contributed by atoms with Crippen LogP contribution in [-0.2, 0) is 9.59 Å². The highest BCUT2D eigenvalue weighted by Crippen LogP contribution is 2.14. The molecule has 2 amide bonds.